The molecule has 1 aromatic carbocycles. The zero-order valence-corrected chi connectivity index (χ0v) is 11.9. The van der Waals surface area contributed by atoms with Crippen molar-refractivity contribution in [2.75, 3.05) is 20.8 Å². The summed E-state index contributed by atoms with van der Waals surface area (Å²) in [4.78, 5) is 11.2. The molecule has 0 saturated carbocycles. The van der Waals surface area contributed by atoms with Gasteiger partial charge in [-0.2, -0.15) is 0 Å². The van der Waals surface area contributed by atoms with Gasteiger partial charge in [0.1, 0.15) is 5.75 Å². The van der Waals surface area contributed by atoms with Crippen molar-refractivity contribution < 1.29 is 14.3 Å². The van der Waals surface area contributed by atoms with Crippen molar-refractivity contribution >= 4 is 5.97 Å². The summed E-state index contributed by atoms with van der Waals surface area (Å²) in [5.74, 6) is 0.552. The molecule has 0 amide bonds. The highest BCUT2D eigenvalue weighted by atomic mass is 16.5. The van der Waals surface area contributed by atoms with E-state index in [0.29, 0.717) is 12.1 Å². The fraction of sp³-hybridized carbons (Fsp3) is 0.400. The first-order valence-corrected chi connectivity index (χ1v) is 6.21. The molecule has 0 aliphatic rings. The number of benzene rings is 1. The molecule has 0 heterocycles. The van der Waals surface area contributed by atoms with Gasteiger partial charge in [-0.25, -0.2) is 4.79 Å². The molecular formula is C15H21NO3. The second-order valence-electron chi connectivity index (χ2n) is 4.28. The predicted molar refractivity (Wildman–Crippen MR) is 75.2 cm³/mol. The standard InChI is InChI=1S/C15H21NO3/c1-11(15(17)19-4)9-10-16-12(2)13-5-7-14(18-3)8-6-13/h5-9,12,16H,10H2,1-4H3/b11-9+/t12-/m1/s1. The predicted octanol–water partition coefficient (Wildman–Crippen LogP) is 2.47. The van der Waals surface area contributed by atoms with Crippen molar-refractivity contribution in [3.63, 3.8) is 0 Å². The normalized spacial score (nSPS) is 12.9. The largest absolute Gasteiger partial charge is 0.497 e. The van der Waals surface area contributed by atoms with Crippen LogP contribution in [0.3, 0.4) is 0 Å². The lowest BCUT2D eigenvalue weighted by Gasteiger charge is -2.13. The average molecular weight is 263 g/mol. The van der Waals surface area contributed by atoms with Crippen LogP contribution in [0.5, 0.6) is 5.75 Å². The molecule has 1 aromatic rings. The molecule has 1 atom stereocenters. The van der Waals surface area contributed by atoms with E-state index in [1.165, 1.54) is 12.7 Å². The van der Waals surface area contributed by atoms with Crippen LogP contribution >= 0.6 is 0 Å². The Balaban J connectivity index is 2.50. The quantitative estimate of drug-likeness (QED) is 0.632. The molecule has 4 heteroatoms. The van der Waals surface area contributed by atoms with Crippen LogP contribution in [0.15, 0.2) is 35.9 Å². The van der Waals surface area contributed by atoms with E-state index in [2.05, 4.69) is 17.0 Å². The lowest BCUT2D eigenvalue weighted by Crippen LogP contribution is -2.19. The highest BCUT2D eigenvalue weighted by Crippen LogP contribution is 2.16. The molecule has 4 nitrogen and oxygen atoms in total. The fourth-order valence-corrected chi connectivity index (χ4v) is 1.64. The van der Waals surface area contributed by atoms with Gasteiger partial charge in [0.2, 0.25) is 0 Å². The number of methoxy groups -OCH3 is 2. The van der Waals surface area contributed by atoms with E-state index in [0.717, 1.165) is 5.75 Å². The van der Waals surface area contributed by atoms with Crippen LogP contribution < -0.4 is 10.1 Å². The van der Waals surface area contributed by atoms with Crippen LogP contribution in [0, 0.1) is 0 Å². The molecule has 0 aliphatic heterocycles. The van der Waals surface area contributed by atoms with Crippen molar-refractivity contribution in [1.82, 2.24) is 5.32 Å². The molecule has 0 unspecified atom stereocenters. The molecule has 19 heavy (non-hydrogen) atoms. The first kappa shape index (κ1) is 15.2. The summed E-state index contributed by atoms with van der Waals surface area (Å²) in [6, 6.07) is 8.11. The van der Waals surface area contributed by atoms with E-state index in [1.54, 1.807) is 14.0 Å². The monoisotopic (exact) mass is 263 g/mol. The minimum atomic E-state index is -0.293. The maximum absolute atomic E-state index is 11.2. The topological polar surface area (TPSA) is 47.6 Å². The zero-order valence-electron chi connectivity index (χ0n) is 11.9. The molecule has 104 valence electrons. The molecule has 1 rings (SSSR count). The maximum Gasteiger partial charge on any atom is 0.333 e. The lowest BCUT2D eigenvalue weighted by atomic mass is 10.1. The van der Waals surface area contributed by atoms with E-state index in [9.17, 15) is 4.79 Å². The molecule has 0 bridgehead atoms. The Morgan fingerprint density at radius 2 is 1.95 bits per heavy atom. The summed E-state index contributed by atoms with van der Waals surface area (Å²) >= 11 is 0. The van der Waals surface area contributed by atoms with Crippen molar-refractivity contribution in [2.24, 2.45) is 0 Å². The Hall–Kier alpha value is -1.81. The average Bonchev–Trinajstić information content (AvgIpc) is 2.46. The van der Waals surface area contributed by atoms with E-state index < -0.39 is 0 Å². The van der Waals surface area contributed by atoms with Crippen LogP contribution in [-0.2, 0) is 9.53 Å². The number of ether oxygens (including phenoxy) is 2. The number of hydrogen-bond acceptors (Lipinski definition) is 4. The van der Waals surface area contributed by atoms with E-state index in [1.807, 2.05) is 30.3 Å². The van der Waals surface area contributed by atoms with Gasteiger partial charge in [0, 0.05) is 18.2 Å². The number of carbonyl (C=O) groups is 1. The van der Waals surface area contributed by atoms with Gasteiger partial charge in [-0.15, -0.1) is 0 Å². The van der Waals surface area contributed by atoms with Gasteiger partial charge in [-0.3, -0.25) is 0 Å². The Labute approximate surface area is 114 Å². The number of nitrogens with one attached hydrogen (secondary N) is 1. The van der Waals surface area contributed by atoms with Gasteiger partial charge in [0.15, 0.2) is 0 Å². The van der Waals surface area contributed by atoms with Gasteiger partial charge in [-0.1, -0.05) is 18.2 Å². The van der Waals surface area contributed by atoms with Gasteiger partial charge in [0.05, 0.1) is 14.2 Å². The third-order valence-electron chi connectivity index (χ3n) is 2.96. The smallest absolute Gasteiger partial charge is 0.333 e. The van der Waals surface area contributed by atoms with Gasteiger partial charge in [-0.05, 0) is 31.5 Å². The van der Waals surface area contributed by atoms with Crippen molar-refractivity contribution in [3.05, 3.63) is 41.5 Å². The highest BCUT2D eigenvalue weighted by molar-refractivity contribution is 5.87. The van der Waals surface area contributed by atoms with Gasteiger partial charge >= 0.3 is 5.97 Å². The molecule has 0 radical (unpaired) electrons. The summed E-state index contributed by atoms with van der Waals surface area (Å²) in [7, 11) is 3.03. The maximum atomic E-state index is 11.2. The third-order valence-corrected chi connectivity index (χ3v) is 2.96. The van der Waals surface area contributed by atoms with Crippen LogP contribution in [0.2, 0.25) is 0 Å². The SMILES string of the molecule is COC(=O)/C(C)=C/CN[C@H](C)c1ccc(OC)cc1. The zero-order chi connectivity index (χ0) is 14.3. The Morgan fingerprint density at radius 3 is 2.47 bits per heavy atom. The van der Waals surface area contributed by atoms with Crippen LogP contribution in [-0.4, -0.2) is 26.7 Å². The summed E-state index contributed by atoms with van der Waals surface area (Å²) in [5, 5.41) is 3.32. The van der Waals surface area contributed by atoms with Crippen LogP contribution in [0.1, 0.15) is 25.5 Å². The number of rotatable bonds is 6. The minimum absolute atomic E-state index is 0.201. The second kappa shape index (κ2) is 7.59. The number of hydrogen-bond donors (Lipinski definition) is 1. The first-order chi connectivity index (χ1) is 9.08. The molecule has 0 spiro atoms. The Bertz CT molecular complexity index is 437. The Kier molecular flexibility index (Phi) is 6.09. The van der Waals surface area contributed by atoms with Gasteiger partial charge < -0.3 is 14.8 Å². The molecular weight excluding hydrogens is 242 g/mol. The van der Waals surface area contributed by atoms with Crippen LogP contribution in [0.4, 0.5) is 0 Å². The molecule has 0 fully saturated rings. The van der Waals surface area contributed by atoms with E-state index >= 15 is 0 Å². The molecule has 0 aromatic heterocycles. The molecule has 0 aliphatic carbocycles. The highest BCUT2D eigenvalue weighted by Gasteiger charge is 2.05. The van der Waals surface area contributed by atoms with Gasteiger partial charge in [0.25, 0.3) is 0 Å². The van der Waals surface area contributed by atoms with Crippen LogP contribution in [0.25, 0.3) is 0 Å². The van der Waals surface area contributed by atoms with E-state index in [4.69, 9.17) is 4.74 Å². The first-order valence-electron chi connectivity index (χ1n) is 6.21. The lowest BCUT2D eigenvalue weighted by molar-refractivity contribution is -0.136. The fourth-order valence-electron chi connectivity index (χ4n) is 1.64. The minimum Gasteiger partial charge on any atom is -0.497 e. The summed E-state index contributed by atoms with van der Waals surface area (Å²) < 4.78 is 9.75. The molecule has 1 N–H and O–H groups in total. The number of carbonyl (C=O) groups excluding carboxylic acids is 1. The second-order valence-corrected chi connectivity index (χ2v) is 4.28. The Morgan fingerprint density at radius 1 is 1.32 bits per heavy atom. The third kappa shape index (κ3) is 4.75. The molecule has 0 saturated heterocycles. The van der Waals surface area contributed by atoms with Crippen molar-refractivity contribution in [2.45, 2.75) is 19.9 Å². The van der Waals surface area contributed by atoms with E-state index in [-0.39, 0.29) is 12.0 Å². The summed E-state index contributed by atoms with van der Waals surface area (Å²) in [6.45, 7) is 4.43. The van der Waals surface area contributed by atoms with Crippen molar-refractivity contribution in [1.29, 1.82) is 0 Å². The number of esters is 1. The van der Waals surface area contributed by atoms with Crippen molar-refractivity contribution in [3.8, 4) is 5.75 Å². The summed E-state index contributed by atoms with van der Waals surface area (Å²) in [6.07, 6.45) is 1.83. The summed E-state index contributed by atoms with van der Waals surface area (Å²) in [5.41, 5.74) is 1.78.